The van der Waals surface area contributed by atoms with Gasteiger partial charge in [-0.15, -0.1) is 0 Å². The predicted octanol–water partition coefficient (Wildman–Crippen LogP) is 0.821. The minimum atomic E-state index is -0.185. The fraction of sp³-hybridized carbons (Fsp3) is 0.267. The second-order valence-electron chi connectivity index (χ2n) is 5.00. The summed E-state index contributed by atoms with van der Waals surface area (Å²) in [5.74, 6) is 0.199. The Kier molecular flexibility index (Phi) is 3.88. The average molecular weight is 299 g/mol. The fourth-order valence-corrected chi connectivity index (χ4v) is 2.44. The second kappa shape index (κ2) is 5.98. The molecule has 0 aliphatic carbocycles. The van der Waals surface area contributed by atoms with Gasteiger partial charge in [-0.3, -0.25) is 4.79 Å². The number of aromatic nitrogens is 3. The Bertz CT molecular complexity index is 761. The lowest BCUT2D eigenvalue weighted by Gasteiger charge is -2.15. The Labute approximate surface area is 127 Å². The van der Waals surface area contributed by atoms with Crippen LogP contribution in [-0.2, 0) is 11.3 Å². The summed E-state index contributed by atoms with van der Waals surface area (Å²) in [6.45, 7) is 0.851. The fourth-order valence-electron chi connectivity index (χ4n) is 2.44. The summed E-state index contributed by atoms with van der Waals surface area (Å²) in [5, 5.41) is 0. The molecule has 114 valence electrons. The SMILES string of the molecule is NCCn1cc(-c2cnc(N)nc2C2CC=CO2)ccc1=O. The maximum absolute atomic E-state index is 11.8. The number of nitrogens with two attached hydrogens (primary N) is 2. The Balaban J connectivity index is 2.07. The Hall–Kier alpha value is -2.67. The summed E-state index contributed by atoms with van der Waals surface area (Å²) in [7, 11) is 0. The minimum absolute atomic E-state index is 0.0918. The van der Waals surface area contributed by atoms with Gasteiger partial charge in [-0.1, -0.05) is 0 Å². The lowest BCUT2D eigenvalue weighted by atomic mass is 10.0. The van der Waals surface area contributed by atoms with E-state index in [4.69, 9.17) is 16.2 Å². The summed E-state index contributed by atoms with van der Waals surface area (Å²) in [4.78, 5) is 20.2. The van der Waals surface area contributed by atoms with Crippen LogP contribution in [0.25, 0.3) is 11.1 Å². The number of nitrogen functional groups attached to an aromatic ring is 1. The van der Waals surface area contributed by atoms with Crippen LogP contribution in [0.4, 0.5) is 5.95 Å². The molecule has 3 rings (SSSR count). The van der Waals surface area contributed by atoms with Crippen molar-refractivity contribution in [2.24, 2.45) is 5.73 Å². The van der Waals surface area contributed by atoms with E-state index in [1.807, 2.05) is 6.08 Å². The van der Waals surface area contributed by atoms with E-state index in [0.717, 1.165) is 23.2 Å². The first-order valence-electron chi connectivity index (χ1n) is 7.03. The van der Waals surface area contributed by atoms with Crippen LogP contribution in [0.1, 0.15) is 18.2 Å². The van der Waals surface area contributed by atoms with E-state index in [0.29, 0.717) is 13.1 Å². The molecule has 1 atom stereocenters. The Morgan fingerprint density at radius 2 is 2.27 bits per heavy atom. The number of pyridine rings is 1. The van der Waals surface area contributed by atoms with Gasteiger partial charge in [-0.2, -0.15) is 0 Å². The van der Waals surface area contributed by atoms with Gasteiger partial charge in [0.2, 0.25) is 5.95 Å². The molecule has 7 heteroatoms. The van der Waals surface area contributed by atoms with Gasteiger partial charge in [0.05, 0.1) is 12.0 Å². The average Bonchev–Trinajstić information content (AvgIpc) is 3.04. The molecule has 22 heavy (non-hydrogen) atoms. The largest absolute Gasteiger partial charge is 0.492 e. The van der Waals surface area contributed by atoms with Gasteiger partial charge in [0.1, 0.15) is 6.10 Å². The third kappa shape index (κ3) is 2.71. The molecular formula is C15H17N5O2. The zero-order valence-corrected chi connectivity index (χ0v) is 12.0. The zero-order chi connectivity index (χ0) is 15.5. The van der Waals surface area contributed by atoms with E-state index in [-0.39, 0.29) is 17.6 Å². The highest BCUT2D eigenvalue weighted by Crippen LogP contribution is 2.32. The van der Waals surface area contributed by atoms with E-state index in [2.05, 4.69) is 9.97 Å². The number of hydrogen-bond donors (Lipinski definition) is 2. The second-order valence-corrected chi connectivity index (χ2v) is 5.00. The lowest BCUT2D eigenvalue weighted by molar-refractivity contribution is 0.169. The smallest absolute Gasteiger partial charge is 0.250 e. The Morgan fingerprint density at radius 1 is 1.41 bits per heavy atom. The molecule has 3 heterocycles. The van der Waals surface area contributed by atoms with Crippen LogP contribution in [0.5, 0.6) is 0 Å². The summed E-state index contributed by atoms with van der Waals surface area (Å²) in [6.07, 6.45) is 7.55. The number of nitrogens with zero attached hydrogens (tertiary/aromatic N) is 3. The van der Waals surface area contributed by atoms with Crippen molar-refractivity contribution in [2.45, 2.75) is 19.1 Å². The van der Waals surface area contributed by atoms with Crippen molar-refractivity contribution in [3.05, 3.63) is 52.9 Å². The van der Waals surface area contributed by atoms with Crippen LogP contribution >= 0.6 is 0 Å². The minimum Gasteiger partial charge on any atom is -0.492 e. The van der Waals surface area contributed by atoms with Crippen molar-refractivity contribution in [3.8, 4) is 11.1 Å². The number of hydrogen-bond acceptors (Lipinski definition) is 6. The van der Waals surface area contributed by atoms with Gasteiger partial charge in [0, 0.05) is 49.1 Å². The van der Waals surface area contributed by atoms with Crippen LogP contribution in [0.2, 0.25) is 0 Å². The van der Waals surface area contributed by atoms with Gasteiger partial charge in [-0.05, 0) is 12.1 Å². The molecule has 0 saturated carbocycles. The van der Waals surface area contributed by atoms with Gasteiger partial charge in [0.15, 0.2) is 0 Å². The van der Waals surface area contributed by atoms with Gasteiger partial charge in [0.25, 0.3) is 5.56 Å². The number of ether oxygens (including phenoxy) is 1. The zero-order valence-electron chi connectivity index (χ0n) is 12.0. The van der Waals surface area contributed by atoms with E-state index in [1.54, 1.807) is 29.3 Å². The highest BCUT2D eigenvalue weighted by Gasteiger charge is 2.21. The molecule has 1 aliphatic heterocycles. The van der Waals surface area contributed by atoms with E-state index in [1.165, 1.54) is 6.07 Å². The maximum atomic E-state index is 11.8. The molecule has 0 radical (unpaired) electrons. The van der Waals surface area contributed by atoms with Crippen molar-refractivity contribution >= 4 is 5.95 Å². The monoisotopic (exact) mass is 299 g/mol. The molecule has 4 N–H and O–H groups in total. The third-order valence-electron chi connectivity index (χ3n) is 3.50. The highest BCUT2D eigenvalue weighted by atomic mass is 16.5. The van der Waals surface area contributed by atoms with Crippen LogP contribution in [0, 0.1) is 0 Å². The molecule has 0 amide bonds. The van der Waals surface area contributed by atoms with Crippen molar-refractivity contribution in [2.75, 3.05) is 12.3 Å². The Morgan fingerprint density at radius 3 is 3.00 bits per heavy atom. The summed E-state index contributed by atoms with van der Waals surface area (Å²) >= 11 is 0. The normalized spacial score (nSPS) is 16.7. The molecule has 2 aromatic heterocycles. The third-order valence-corrected chi connectivity index (χ3v) is 3.50. The molecule has 1 aliphatic rings. The standard InChI is InChI=1S/C15H17N5O2/c16-5-6-20-9-10(3-4-13(20)21)11-8-18-15(17)19-14(11)12-2-1-7-22-12/h1,3-4,7-9,12H,2,5-6,16H2,(H2,17,18,19). The van der Waals surface area contributed by atoms with E-state index in [9.17, 15) is 4.79 Å². The van der Waals surface area contributed by atoms with Crippen LogP contribution in [0.3, 0.4) is 0 Å². The number of rotatable bonds is 4. The molecule has 0 spiro atoms. The quantitative estimate of drug-likeness (QED) is 0.865. The van der Waals surface area contributed by atoms with E-state index >= 15 is 0 Å². The molecule has 0 aromatic carbocycles. The summed E-state index contributed by atoms with van der Waals surface area (Å²) in [6, 6.07) is 3.26. The molecular weight excluding hydrogens is 282 g/mol. The molecule has 0 bridgehead atoms. The predicted molar refractivity (Wildman–Crippen MR) is 82.8 cm³/mol. The van der Waals surface area contributed by atoms with Crippen molar-refractivity contribution in [3.63, 3.8) is 0 Å². The molecule has 1 unspecified atom stereocenters. The van der Waals surface area contributed by atoms with Gasteiger partial charge < -0.3 is 20.8 Å². The van der Waals surface area contributed by atoms with Gasteiger partial charge >= 0.3 is 0 Å². The molecule has 2 aromatic rings. The van der Waals surface area contributed by atoms with E-state index < -0.39 is 0 Å². The molecule has 0 fully saturated rings. The first-order valence-corrected chi connectivity index (χ1v) is 7.03. The van der Waals surface area contributed by atoms with Gasteiger partial charge in [-0.25, -0.2) is 9.97 Å². The summed E-state index contributed by atoms with van der Waals surface area (Å²) in [5.41, 5.74) is 13.5. The summed E-state index contributed by atoms with van der Waals surface area (Å²) < 4.78 is 7.12. The first-order chi connectivity index (χ1) is 10.7. The molecule has 7 nitrogen and oxygen atoms in total. The number of anilines is 1. The lowest BCUT2D eigenvalue weighted by Crippen LogP contribution is -2.22. The van der Waals surface area contributed by atoms with Crippen molar-refractivity contribution in [1.29, 1.82) is 0 Å². The topological polar surface area (TPSA) is 109 Å². The van der Waals surface area contributed by atoms with Crippen molar-refractivity contribution in [1.82, 2.24) is 14.5 Å². The maximum Gasteiger partial charge on any atom is 0.250 e. The van der Waals surface area contributed by atoms with Crippen molar-refractivity contribution < 1.29 is 4.74 Å². The van der Waals surface area contributed by atoms with Crippen LogP contribution in [0.15, 0.2) is 41.7 Å². The first kappa shape index (κ1) is 14.3. The molecule has 0 saturated heterocycles. The van der Waals surface area contributed by atoms with Crippen LogP contribution < -0.4 is 17.0 Å². The highest BCUT2D eigenvalue weighted by molar-refractivity contribution is 5.65. The van der Waals surface area contributed by atoms with Crippen LogP contribution in [-0.4, -0.2) is 21.1 Å².